The summed E-state index contributed by atoms with van der Waals surface area (Å²) in [6, 6.07) is 12.1. The third-order valence-electron chi connectivity index (χ3n) is 4.29. The first-order valence-corrected chi connectivity index (χ1v) is 7.90. The van der Waals surface area contributed by atoms with E-state index in [0.717, 1.165) is 22.9 Å². The van der Waals surface area contributed by atoms with E-state index >= 15 is 0 Å². The molecule has 0 unspecified atom stereocenters. The first kappa shape index (κ1) is 15.8. The number of rotatable bonds is 2. The molecule has 0 fully saturated rings. The van der Waals surface area contributed by atoms with Gasteiger partial charge >= 0.3 is 0 Å². The summed E-state index contributed by atoms with van der Waals surface area (Å²) >= 11 is 0. The van der Waals surface area contributed by atoms with Gasteiger partial charge in [0.2, 0.25) is 0 Å². The highest BCUT2D eigenvalue weighted by Gasteiger charge is 2.31. The number of nitrogen functional groups attached to an aromatic ring is 1. The molecule has 1 aliphatic heterocycles. The lowest BCUT2D eigenvalue weighted by atomic mass is 10.1. The number of pyridine rings is 2. The van der Waals surface area contributed by atoms with Crippen LogP contribution in [0.1, 0.15) is 26.3 Å². The van der Waals surface area contributed by atoms with Crippen molar-refractivity contribution in [3.63, 3.8) is 0 Å². The standard InChI is InChI=1S/C19H14N4O3/c1-10-2-7-14(21-9-10)11-3-5-12(6-4-11)23-15(24)8-13-16(17(23)20)19(26)22-18(13)25/h2-9H,20H2,1H3,(H,22,25,26). The van der Waals surface area contributed by atoms with E-state index < -0.39 is 17.4 Å². The third kappa shape index (κ3) is 2.37. The first-order valence-electron chi connectivity index (χ1n) is 7.90. The van der Waals surface area contributed by atoms with Gasteiger partial charge in [0.25, 0.3) is 17.4 Å². The molecule has 7 heteroatoms. The normalized spacial score (nSPS) is 12.8. The average molecular weight is 346 g/mol. The number of anilines is 1. The molecule has 1 aliphatic rings. The number of imide groups is 1. The quantitative estimate of drug-likeness (QED) is 0.687. The number of carbonyl (C=O) groups is 2. The number of hydrogen-bond donors (Lipinski definition) is 2. The Hall–Kier alpha value is -3.74. The Bertz CT molecular complexity index is 1110. The van der Waals surface area contributed by atoms with Crippen LogP contribution in [0.4, 0.5) is 5.82 Å². The van der Waals surface area contributed by atoms with Crippen molar-refractivity contribution in [2.45, 2.75) is 6.92 Å². The molecule has 3 aromatic rings. The molecule has 0 saturated carbocycles. The smallest absolute Gasteiger partial charge is 0.262 e. The second kappa shape index (κ2) is 5.66. The fraction of sp³-hybridized carbons (Fsp3) is 0.0526. The molecule has 3 heterocycles. The fourth-order valence-electron chi connectivity index (χ4n) is 2.97. The van der Waals surface area contributed by atoms with E-state index in [1.165, 1.54) is 4.57 Å². The highest BCUT2D eigenvalue weighted by Crippen LogP contribution is 2.24. The molecule has 4 rings (SSSR count). The Kier molecular flexibility index (Phi) is 3.43. The molecule has 0 atom stereocenters. The summed E-state index contributed by atoms with van der Waals surface area (Å²) in [5.74, 6) is -1.27. The number of benzene rings is 1. The number of nitrogens with zero attached hydrogens (tertiary/aromatic N) is 2. The molecule has 1 aromatic carbocycles. The second-order valence-electron chi connectivity index (χ2n) is 6.04. The predicted molar refractivity (Wildman–Crippen MR) is 96.2 cm³/mol. The average Bonchev–Trinajstić information content (AvgIpc) is 2.90. The van der Waals surface area contributed by atoms with Gasteiger partial charge < -0.3 is 5.73 Å². The maximum atomic E-state index is 12.4. The zero-order valence-electron chi connectivity index (χ0n) is 13.8. The molecule has 2 aromatic heterocycles. The van der Waals surface area contributed by atoms with Crippen LogP contribution in [0, 0.1) is 6.92 Å². The van der Waals surface area contributed by atoms with Crippen molar-refractivity contribution < 1.29 is 9.59 Å². The van der Waals surface area contributed by atoms with E-state index in [4.69, 9.17) is 5.73 Å². The van der Waals surface area contributed by atoms with Crippen LogP contribution in [0.15, 0.2) is 53.5 Å². The minimum Gasteiger partial charge on any atom is -0.384 e. The van der Waals surface area contributed by atoms with E-state index in [0.29, 0.717) is 5.69 Å². The topological polar surface area (TPSA) is 107 Å². The summed E-state index contributed by atoms with van der Waals surface area (Å²) in [6.07, 6.45) is 1.78. The van der Waals surface area contributed by atoms with Gasteiger partial charge in [-0.2, -0.15) is 0 Å². The minimum absolute atomic E-state index is 0.00854. The number of amides is 2. The van der Waals surface area contributed by atoms with Crippen LogP contribution < -0.4 is 16.6 Å². The van der Waals surface area contributed by atoms with Gasteiger partial charge in [0.15, 0.2) is 0 Å². The molecule has 0 bridgehead atoms. The van der Waals surface area contributed by atoms with Crippen molar-refractivity contribution in [3.05, 3.63) is 75.7 Å². The largest absolute Gasteiger partial charge is 0.384 e. The maximum absolute atomic E-state index is 12.4. The van der Waals surface area contributed by atoms with Gasteiger partial charge in [-0.05, 0) is 30.7 Å². The molecule has 0 aliphatic carbocycles. The molecule has 128 valence electrons. The maximum Gasteiger partial charge on any atom is 0.262 e. The Labute approximate surface area is 148 Å². The van der Waals surface area contributed by atoms with Gasteiger partial charge in [-0.25, -0.2) is 0 Å². The van der Waals surface area contributed by atoms with Gasteiger partial charge in [-0.3, -0.25) is 29.3 Å². The van der Waals surface area contributed by atoms with E-state index in [2.05, 4.69) is 10.3 Å². The molecular formula is C19H14N4O3. The molecule has 7 nitrogen and oxygen atoms in total. The van der Waals surface area contributed by atoms with Crippen LogP contribution in [0.2, 0.25) is 0 Å². The number of aromatic nitrogens is 2. The number of aryl methyl sites for hydroxylation is 1. The summed E-state index contributed by atoms with van der Waals surface area (Å²) in [5.41, 5.74) is 8.83. The van der Waals surface area contributed by atoms with E-state index in [1.807, 2.05) is 31.2 Å². The third-order valence-corrected chi connectivity index (χ3v) is 4.29. The lowest BCUT2D eigenvalue weighted by molar-refractivity contribution is 0.0880. The van der Waals surface area contributed by atoms with Crippen LogP contribution in [-0.2, 0) is 0 Å². The summed E-state index contributed by atoms with van der Waals surface area (Å²) < 4.78 is 1.21. The predicted octanol–water partition coefficient (Wildman–Crippen LogP) is 1.67. The fourth-order valence-corrected chi connectivity index (χ4v) is 2.97. The highest BCUT2D eigenvalue weighted by molar-refractivity contribution is 6.23. The Morgan fingerprint density at radius 2 is 1.73 bits per heavy atom. The monoisotopic (exact) mass is 346 g/mol. The second-order valence-corrected chi connectivity index (χ2v) is 6.04. The van der Waals surface area contributed by atoms with Crippen molar-refractivity contribution >= 4 is 17.6 Å². The van der Waals surface area contributed by atoms with Crippen molar-refractivity contribution in [3.8, 4) is 16.9 Å². The zero-order valence-corrected chi connectivity index (χ0v) is 13.8. The number of nitrogens with two attached hydrogens (primary N) is 1. The number of fused-ring (bicyclic) bond motifs is 1. The summed E-state index contributed by atoms with van der Waals surface area (Å²) in [7, 11) is 0. The summed E-state index contributed by atoms with van der Waals surface area (Å²) in [6.45, 7) is 1.96. The van der Waals surface area contributed by atoms with E-state index in [1.54, 1.807) is 18.3 Å². The van der Waals surface area contributed by atoms with Gasteiger partial charge in [0, 0.05) is 17.8 Å². The Balaban J connectivity index is 1.81. The lowest BCUT2D eigenvalue weighted by Gasteiger charge is -2.12. The number of nitrogens with one attached hydrogen (secondary N) is 1. The summed E-state index contributed by atoms with van der Waals surface area (Å²) in [5, 5.41) is 2.15. The van der Waals surface area contributed by atoms with Gasteiger partial charge in [0.05, 0.1) is 22.5 Å². The van der Waals surface area contributed by atoms with Crippen LogP contribution in [0.25, 0.3) is 16.9 Å². The van der Waals surface area contributed by atoms with Crippen LogP contribution in [-0.4, -0.2) is 21.4 Å². The first-order chi connectivity index (χ1) is 12.5. The Morgan fingerprint density at radius 1 is 1.00 bits per heavy atom. The van der Waals surface area contributed by atoms with Gasteiger partial charge in [-0.1, -0.05) is 18.2 Å². The minimum atomic E-state index is -0.609. The summed E-state index contributed by atoms with van der Waals surface area (Å²) in [4.78, 5) is 40.4. The molecule has 0 radical (unpaired) electrons. The van der Waals surface area contributed by atoms with Gasteiger partial charge in [0.1, 0.15) is 5.82 Å². The van der Waals surface area contributed by atoms with E-state index in [9.17, 15) is 14.4 Å². The van der Waals surface area contributed by atoms with Crippen LogP contribution in [0.5, 0.6) is 0 Å². The number of carbonyl (C=O) groups excluding carboxylic acids is 2. The van der Waals surface area contributed by atoms with Crippen LogP contribution >= 0.6 is 0 Å². The molecular weight excluding hydrogens is 332 g/mol. The van der Waals surface area contributed by atoms with E-state index in [-0.39, 0.29) is 16.9 Å². The molecule has 2 amide bonds. The van der Waals surface area contributed by atoms with Crippen molar-refractivity contribution in [1.29, 1.82) is 0 Å². The lowest BCUT2D eigenvalue weighted by Crippen LogP contribution is -2.24. The van der Waals surface area contributed by atoms with Crippen LogP contribution in [0.3, 0.4) is 0 Å². The number of hydrogen-bond acceptors (Lipinski definition) is 5. The molecule has 3 N–H and O–H groups in total. The molecule has 0 spiro atoms. The zero-order chi connectivity index (χ0) is 18.4. The molecule has 0 saturated heterocycles. The SMILES string of the molecule is Cc1ccc(-c2ccc(-n3c(N)c4c(cc3=O)C(=O)NC4=O)cc2)nc1. The van der Waals surface area contributed by atoms with Crippen molar-refractivity contribution in [2.75, 3.05) is 5.73 Å². The Morgan fingerprint density at radius 3 is 2.38 bits per heavy atom. The van der Waals surface area contributed by atoms with Gasteiger partial charge in [-0.15, -0.1) is 0 Å². The molecule has 26 heavy (non-hydrogen) atoms. The van der Waals surface area contributed by atoms with Crippen molar-refractivity contribution in [2.24, 2.45) is 0 Å². The highest BCUT2D eigenvalue weighted by atomic mass is 16.2. The van der Waals surface area contributed by atoms with Crippen molar-refractivity contribution in [1.82, 2.24) is 14.9 Å².